The molecule has 0 aliphatic carbocycles. The Morgan fingerprint density at radius 1 is 0.889 bits per heavy atom. The molecule has 132 valence electrons. The highest BCUT2D eigenvalue weighted by Gasteiger charge is 2.23. The lowest BCUT2D eigenvalue weighted by atomic mass is 10.2. The molecule has 0 spiro atoms. The molecule has 6 heteroatoms. The molecule has 27 heavy (non-hydrogen) atoms. The SMILES string of the molecule is CC(=O)Oc1ccc(-c2nn(-c3ccccc3)[n+](-c3ccccc3)n2)cc1. The maximum absolute atomic E-state index is 11.1. The van der Waals surface area contributed by atoms with Crippen LogP contribution in [0.25, 0.3) is 22.8 Å². The Bertz CT molecular complexity index is 1000. The van der Waals surface area contributed by atoms with Crippen molar-refractivity contribution in [3.8, 4) is 28.5 Å². The quantitative estimate of drug-likeness (QED) is 0.320. The van der Waals surface area contributed by atoms with Crippen LogP contribution in [0.1, 0.15) is 6.92 Å². The third-order valence-corrected chi connectivity index (χ3v) is 3.91. The number of esters is 1. The molecule has 4 rings (SSSR count). The molecule has 3 aromatic carbocycles. The zero-order valence-corrected chi connectivity index (χ0v) is 14.7. The third-order valence-electron chi connectivity index (χ3n) is 3.91. The number of hydrogen-bond acceptors (Lipinski definition) is 4. The van der Waals surface area contributed by atoms with Crippen molar-refractivity contribution in [2.75, 3.05) is 0 Å². The summed E-state index contributed by atoms with van der Waals surface area (Å²) >= 11 is 0. The molecule has 0 N–H and O–H groups in total. The molecule has 1 aromatic heterocycles. The van der Waals surface area contributed by atoms with Gasteiger partial charge in [-0.15, -0.1) is 0 Å². The molecule has 0 aliphatic heterocycles. The smallest absolute Gasteiger partial charge is 0.340 e. The molecule has 0 fully saturated rings. The van der Waals surface area contributed by atoms with E-state index in [9.17, 15) is 4.79 Å². The molecule has 6 nitrogen and oxygen atoms in total. The predicted molar refractivity (Wildman–Crippen MR) is 99.6 cm³/mol. The zero-order chi connectivity index (χ0) is 18.6. The Kier molecular flexibility index (Phi) is 4.45. The molecule has 0 atom stereocenters. The van der Waals surface area contributed by atoms with Gasteiger partial charge in [0.15, 0.2) is 5.69 Å². The fraction of sp³-hybridized carbons (Fsp3) is 0.0476. The largest absolute Gasteiger partial charge is 0.427 e. The van der Waals surface area contributed by atoms with Crippen LogP contribution in [0.5, 0.6) is 5.75 Å². The van der Waals surface area contributed by atoms with E-state index in [4.69, 9.17) is 4.74 Å². The minimum absolute atomic E-state index is 0.351. The van der Waals surface area contributed by atoms with Crippen LogP contribution >= 0.6 is 0 Å². The first kappa shape index (κ1) is 16.7. The standard InChI is InChI=1S/C21H17N4O2/c1-16(26)27-20-14-12-17(13-15-20)21-22-24(18-8-4-2-5-9-18)25(23-21)19-10-6-3-7-11-19/h2-15H,1H3/q+1. The van der Waals surface area contributed by atoms with Gasteiger partial charge >= 0.3 is 11.8 Å². The highest BCUT2D eigenvalue weighted by Crippen LogP contribution is 2.19. The molecule has 0 saturated heterocycles. The lowest BCUT2D eigenvalue weighted by Gasteiger charge is -1.99. The van der Waals surface area contributed by atoms with Crippen molar-refractivity contribution in [2.45, 2.75) is 6.92 Å². The van der Waals surface area contributed by atoms with Gasteiger partial charge < -0.3 is 4.74 Å². The summed E-state index contributed by atoms with van der Waals surface area (Å²) in [6.07, 6.45) is 0. The van der Waals surface area contributed by atoms with Crippen LogP contribution in [0, 0.1) is 0 Å². The van der Waals surface area contributed by atoms with Crippen molar-refractivity contribution in [1.82, 2.24) is 15.0 Å². The lowest BCUT2D eigenvalue weighted by Crippen LogP contribution is -2.43. The molecule has 0 bridgehead atoms. The van der Waals surface area contributed by atoms with Crippen LogP contribution in [0.3, 0.4) is 0 Å². The minimum atomic E-state index is -0.351. The van der Waals surface area contributed by atoms with Crippen LogP contribution in [-0.4, -0.2) is 21.0 Å². The maximum atomic E-state index is 11.1. The predicted octanol–water partition coefficient (Wildman–Crippen LogP) is 3.14. The summed E-state index contributed by atoms with van der Waals surface area (Å²) in [4.78, 5) is 14.6. The number of carbonyl (C=O) groups excluding carboxylic acids is 1. The summed E-state index contributed by atoms with van der Waals surface area (Å²) in [5, 5.41) is 9.36. The molecule has 4 aromatic rings. The van der Waals surface area contributed by atoms with Gasteiger partial charge in [0, 0.05) is 11.7 Å². The maximum Gasteiger partial charge on any atom is 0.340 e. The Labute approximate surface area is 156 Å². The van der Waals surface area contributed by atoms with Gasteiger partial charge in [-0.05, 0) is 58.4 Å². The first-order valence-electron chi connectivity index (χ1n) is 8.50. The van der Waals surface area contributed by atoms with Crippen LogP contribution in [0.15, 0.2) is 84.9 Å². The minimum Gasteiger partial charge on any atom is -0.427 e. The van der Waals surface area contributed by atoms with E-state index in [1.54, 1.807) is 21.7 Å². The van der Waals surface area contributed by atoms with E-state index >= 15 is 0 Å². The first-order valence-corrected chi connectivity index (χ1v) is 8.50. The number of benzene rings is 3. The van der Waals surface area contributed by atoms with E-state index in [2.05, 4.69) is 10.2 Å². The van der Waals surface area contributed by atoms with Crippen molar-refractivity contribution < 1.29 is 14.3 Å². The highest BCUT2D eigenvalue weighted by molar-refractivity contribution is 5.69. The average Bonchev–Trinajstić information content (AvgIpc) is 3.15. The van der Waals surface area contributed by atoms with Crippen molar-refractivity contribution in [2.24, 2.45) is 0 Å². The van der Waals surface area contributed by atoms with Crippen molar-refractivity contribution in [1.29, 1.82) is 0 Å². The Morgan fingerprint density at radius 2 is 1.52 bits per heavy atom. The van der Waals surface area contributed by atoms with Gasteiger partial charge in [0.05, 0.1) is 10.7 Å². The Hall–Kier alpha value is -3.80. The van der Waals surface area contributed by atoms with Gasteiger partial charge in [-0.3, -0.25) is 4.79 Å². The summed E-state index contributed by atoms with van der Waals surface area (Å²) in [5.74, 6) is 0.706. The number of rotatable bonds is 4. The number of ether oxygens (including phenoxy) is 1. The zero-order valence-electron chi connectivity index (χ0n) is 14.7. The summed E-state index contributed by atoms with van der Waals surface area (Å²) in [7, 11) is 0. The van der Waals surface area contributed by atoms with Gasteiger partial charge in [-0.1, -0.05) is 36.4 Å². The normalized spacial score (nSPS) is 10.6. The van der Waals surface area contributed by atoms with Crippen molar-refractivity contribution in [3.05, 3.63) is 84.9 Å². The fourth-order valence-electron chi connectivity index (χ4n) is 2.69. The second-order valence-corrected chi connectivity index (χ2v) is 5.89. The number of tetrazole rings is 1. The van der Waals surface area contributed by atoms with Crippen LogP contribution in [0.2, 0.25) is 0 Å². The van der Waals surface area contributed by atoms with Gasteiger partial charge in [0.25, 0.3) is 0 Å². The average molecular weight is 357 g/mol. The van der Waals surface area contributed by atoms with E-state index in [0.29, 0.717) is 11.6 Å². The number of hydrogen-bond donors (Lipinski definition) is 0. The second kappa shape index (κ2) is 7.21. The number of nitrogens with zero attached hydrogens (tertiary/aromatic N) is 4. The molecule has 0 unspecified atom stereocenters. The van der Waals surface area contributed by atoms with E-state index in [1.165, 1.54) is 6.92 Å². The number of carbonyl (C=O) groups is 1. The summed E-state index contributed by atoms with van der Waals surface area (Å²) in [6.45, 7) is 1.37. The monoisotopic (exact) mass is 357 g/mol. The van der Waals surface area contributed by atoms with Gasteiger partial charge in [0.2, 0.25) is 0 Å². The Morgan fingerprint density at radius 3 is 2.15 bits per heavy atom. The second-order valence-electron chi connectivity index (χ2n) is 5.89. The first-order chi connectivity index (χ1) is 13.2. The van der Waals surface area contributed by atoms with E-state index < -0.39 is 0 Å². The number of para-hydroxylation sites is 2. The highest BCUT2D eigenvalue weighted by atomic mass is 16.5. The molecular formula is C21H17N4O2+. The summed E-state index contributed by atoms with van der Waals surface area (Å²) < 4.78 is 5.08. The van der Waals surface area contributed by atoms with Crippen molar-refractivity contribution >= 4 is 5.97 Å². The fourth-order valence-corrected chi connectivity index (χ4v) is 2.69. The molecular weight excluding hydrogens is 340 g/mol. The van der Waals surface area contributed by atoms with Crippen LogP contribution < -0.4 is 9.53 Å². The lowest BCUT2D eigenvalue weighted by molar-refractivity contribution is -0.734. The summed E-state index contributed by atoms with van der Waals surface area (Å²) in [6, 6.07) is 26.8. The van der Waals surface area contributed by atoms with E-state index in [1.807, 2.05) is 72.8 Å². The molecule has 0 radical (unpaired) electrons. The third kappa shape index (κ3) is 3.59. The van der Waals surface area contributed by atoms with Crippen LogP contribution in [-0.2, 0) is 4.79 Å². The molecule has 1 heterocycles. The van der Waals surface area contributed by atoms with Gasteiger partial charge in [0.1, 0.15) is 11.4 Å². The van der Waals surface area contributed by atoms with Gasteiger partial charge in [-0.25, -0.2) is 0 Å². The van der Waals surface area contributed by atoms with E-state index in [0.717, 1.165) is 16.9 Å². The summed E-state index contributed by atoms with van der Waals surface area (Å²) in [5.41, 5.74) is 2.62. The van der Waals surface area contributed by atoms with Crippen molar-refractivity contribution in [3.63, 3.8) is 0 Å². The van der Waals surface area contributed by atoms with Gasteiger partial charge in [-0.2, -0.15) is 0 Å². The molecule has 0 aliphatic rings. The van der Waals surface area contributed by atoms with E-state index in [-0.39, 0.29) is 5.97 Å². The number of aromatic nitrogens is 4. The molecule has 0 saturated carbocycles. The topological polar surface area (TPSA) is 60.9 Å². The Balaban J connectivity index is 1.79. The molecule has 0 amide bonds. The van der Waals surface area contributed by atoms with Crippen LogP contribution in [0.4, 0.5) is 0 Å².